The molecule has 0 aliphatic heterocycles. The number of phenols is 1. The Kier molecular flexibility index (Phi) is 4.04. The van der Waals surface area contributed by atoms with E-state index in [1.807, 2.05) is 24.3 Å². The van der Waals surface area contributed by atoms with Crippen LogP contribution >= 0.6 is 0 Å². The van der Waals surface area contributed by atoms with Crippen LogP contribution in [0.25, 0.3) is 0 Å². The lowest BCUT2D eigenvalue weighted by molar-refractivity contribution is 0.473. The van der Waals surface area contributed by atoms with Gasteiger partial charge >= 0.3 is 0 Å². The molecule has 0 radical (unpaired) electrons. The molecule has 0 aliphatic carbocycles. The number of phenolic OH excluding ortho intramolecular Hbond substituents is 1. The smallest absolute Gasteiger partial charge is 0.131 e. The van der Waals surface area contributed by atoms with E-state index in [1.54, 1.807) is 12.1 Å². The van der Waals surface area contributed by atoms with Crippen molar-refractivity contribution in [3.8, 4) is 17.6 Å². The summed E-state index contributed by atoms with van der Waals surface area (Å²) in [6, 6.07) is 15.4. The molecule has 0 bridgehead atoms. The van der Waals surface area contributed by atoms with Crippen molar-refractivity contribution in [3.63, 3.8) is 0 Å². The molecule has 18 heavy (non-hydrogen) atoms. The molecule has 0 amide bonds. The van der Waals surface area contributed by atoms with E-state index in [0.717, 1.165) is 18.4 Å². The molecule has 0 aliphatic rings. The van der Waals surface area contributed by atoms with Gasteiger partial charge in [0.2, 0.25) is 0 Å². The van der Waals surface area contributed by atoms with Gasteiger partial charge in [-0.3, -0.25) is 0 Å². The minimum absolute atomic E-state index is 0.229. The van der Waals surface area contributed by atoms with Crippen LogP contribution in [-0.2, 0) is 6.42 Å². The zero-order valence-corrected chi connectivity index (χ0v) is 10.5. The van der Waals surface area contributed by atoms with Crippen LogP contribution in [0.4, 0.5) is 0 Å². The first kappa shape index (κ1) is 12.3. The van der Waals surface area contributed by atoms with Crippen LogP contribution in [0.15, 0.2) is 48.5 Å². The van der Waals surface area contributed by atoms with E-state index in [4.69, 9.17) is 0 Å². The van der Waals surface area contributed by atoms with Gasteiger partial charge in [0.1, 0.15) is 5.75 Å². The van der Waals surface area contributed by atoms with Crippen molar-refractivity contribution in [1.29, 1.82) is 0 Å². The summed E-state index contributed by atoms with van der Waals surface area (Å²) in [6.07, 6.45) is 2.26. The van der Waals surface area contributed by atoms with Crippen molar-refractivity contribution in [1.82, 2.24) is 0 Å². The fraction of sp³-hybridized carbons (Fsp3) is 0.176. The minimum atomic E-state index is 0.229. The van der Waals surface area contributed by atoms with E-state index >= 15 is 0 Å². The second-order valence-electron chi connectivity index (χ2n) is 4.21. The molecule has 90 valence electrons. The Morgan fingerprint density at radius 1 is 0.944 bits per heavy atom. The van der Waals surface area contributed by atoms with Crippen LogP contribution in [0.3, 0.4) is 0 Å². The molecule has 0 fully saturated rings. The Bertz CT molecular complexity index is 571. The van der Waals surface area contributed by atoms with Crippen LogP contribution < -0.4 is 0 Å². The predicted octanol–water partition coefficient (Wildman–Crippen LogP) is 3.74. The van der Waals surface area contributed by atoms with Crippen LogP contribution in [0.5, 0.6) is 5.75 Å². The van der Waals surface area contributed by atoms with E-state index in [-0.39, 0.29) is 5.75 Å². The lowest BCUT2D eigenvalue weighted by atomic mass is 10.1. The molecule has 2 rings (SSSR count). The van der Waals surface area contributed by atoms with Gasteiger partial charge in [0.25, 0.3) is 0 Å². The Morgan fingerprint density at radius 3 is 2.33 bits per heavy atom. The van der Waals surface area contributed by atoms with Gasteiger partial charge < -0.3 is 5.11 Å². The molecule has 0 heterocycles. The topological polar surface area (TPSA) is 20.2 Å². The maximum absolute atomic E-state index is 9.60. The fourth-order valence-corrected chi connectivity index (χ4v) is 1.76. The van der Waals surface area contributed by atoms with E-state index < -0.39 is 0 Å². The van der Waals surface area contributed by atoms with Crippen molar-refractivity contribution in [2.75, 3.05) is 0 Å². The van der Waals surface area contributed by atoms with Crippen LogP contribution in [-0.4, -0.2) is 5.11 Å². The molecule has 0 unspecified atom stereocenters. The van der Waals surface area contributed by atoms with Crippen LogP contribution in [0, 0.1) is 11.8 Å². The van der Waals surface area contributed by atoms with Gasteiger partial charge in [-0.15, -0.1) is 0 Å². The van der Waals surface area contributed by atoms with Gasteiger partial charge in [0.15, 0.2) is 0 Å². The maximum atomic E-state index is 9.60. The molecule has 1 N–H and O–H groups in total. The van der Waals surface area contributed by atoms with Crippen molar-refractivity contribution >= 4 is 0 Å². The number of aromatic hydroxyl groups is 1. The molecule has 0 saturated heterocycles. The number of benzene rings is 2. The highest BCUT2D eigenvalue weighted by Crippen LogP contribution is 2.14. The van der Waals surface area contributed by atoms with Crippen LogP contribution in [0.1, 0.15) is 30.0 Å². The summed E-state index contributed by atoms with van der Waals surface area (Å²) in [4.78, 5) is 0. The number of hydrogen-bond donors (Lipinski definition) is 1. The number of rotatable bonds is 2. The Hall–Kier alpha value is -2.20. The molecule has 0 spiro atoms. The zero-order chi connectivity index (χ0) is 12.8. The number of para-hydroxylation sites is 1. The molecule has 0 aromatic heterocycles. The second-order valence-corrected chi connectivity index (χ2v) is 4.21. The number of aryl methyl sites for hydroxylation is 1. The van der Waals surface area contributed by atoms with Crippen molar-refractivity contribution < 1.29 is 5.11 Å². The summed E-state index contributed by atoms with van der Waals surface area (Å²) in [7, 11) is 0. The third-order valence-corrected chi connectivity index (χ3v) is 2.74. The molecule has 1 nitrogen and oxygen atoms in total. The lowest BCUT2D eigenvalue weighted by Crippen LogP contribution is -1.83. The SMILES string of the molecule is CCCc1ccc(C#Cc2ccccc2O)cc1. The summed E-state index contributed by atoms with van der Waals surface area (Å²) in [6.45, 7) is 2.17. The van der Waals surface area contributed by atoms with Gasteiger partial charge in [-0.05, 0) is 36.2 Å². The normalized spacial score (nSPS) is 9.61. The molecule has 2 aromatic carbocycles. The first-order valence-corrected chi connectivity index (χ1v) is 6.18. The molecule has 0 atom stereocenters. The fourth-order valence-electron chi connectivity index (χ4n) is 1.76. The summed E-state index contributed by atoms with van der Waals surface area (Å²) in [5.41, 5.74) is 2.97. The number of hydrogen-bond acceptors (Lipinski definition) is 1. The predicted molar refractivity (Wildman–Crippen MR) is 74.5 cm³/mol. The lowest BCUT2D eigenvalue weighted by Gasteiger charge is -1.98. The second kappa shape index (κ2) is 5.93. The highest BCUT2D eigenvalue weighted by atomic mass is 16.3. The van der Waals surface area contributed by atoms with Gasteiger partial charge in [0.05, 0.1) is 5.56 Å². The average Bonchev–Trinajstić information content (AvgIpc) is 2.40. The molecule has 2 aromatic rings. The van der Waals surface area contributed by atoms with Gasteiger partial charge in [-0.1, -0.05) is 49.5 Å². The molecule has 1 heteroatoms. The van der Waals surface area contributed by atoms with Crippen LogP contribution in [0.2, 0.25) is 0 Å². The highest BCUT2D eigenvalue weighted by molar-refractivity contribution is 5.49. The summed E-state index contributed by atoms with van der Waals surface area (Å²) in [5, 5.41) is 9.60. The van der Waals surface area contributed by atoms with Gasteiger partial charge in [-0.2, -0.15) is 0 Å². The standard InChI is InChI=1S/C17H16O/c1-2-5-14-8-10-15(11-9-14)12-13-16-6-3-4-7-17(16)18/h3-4,6-11,18H,2,5H2,1H3. The molecular formula is C17H16O. The van der Waals surface area contributed by atoms with E-state index in [2.05, 4.69) is 30.9 Å². The van der Waals surface area contributed by atoms with Crippen molar-refractivity contribution in [2.24, 2.45) is 0 Å². The van der Waals surface area contributed by atoms with Gasteiger partial charge in [-0.25, -0.2) is 0 Å². The van der Waals surface area contributed by atoms with Crippen molar-refractivity contribution in [3.05, 3.63) is 65.2 Å². The highest BCUT2D eigenvalue weighted by Gasteiger charge is 1.94. The minimum Gasteiger partial charge on any atom is -0.507 e. The Labute approximate surface area is 108 Å². The summed E-state index contributed by atoms with van der Waals surface area (Å²) in [5.74, 6) is 6.27. The maximum Gasteiger partial charge on any atom is 0.131 e. The molecular weight excluding hydrogens is 220 g/mol. The van der Waals surface area contributed by atoms with E-state index in [1.165, 1.54) is 5.56 Å². The zero-order valence-electron chi connectivity index (χ0n) is 10.5. The quantitative estimate of drug-likeness (QED) is 0.787. The largest absolute Gasteiger partial charge is 0.507 e. The molecule has 0 saturated carbocycles. The first-order chi connectivity index (χ1) is 8.79. The Morgan fingerprint density at radius 2 is 1.67 bits per heavy atom. The Balaban J connectivity index is 2.17. The van der Waals surface area contributed by atoms with E-state index in [9.17, 15) is 5.11 Å². The first-order valence-electron chi connectivity index (χ1n) is 6.18. The monoisotopic (exact) mass is 236 g/mol. The summed E-state index contributed by atoms with van der Waals surface area (Å²) >= 11 is 0. The van der Waals surface area contributed by atoms with Crippen molar-refractivity contribution in [2.45, 2.75) is 19.8 Å². The van der Waals surface area contributed by atoms with E-state index in [0.29, 0.717) is 5.56 Å². The third-order valence-electron chi connectivity index (χ3n) is 2.74. The summed E-state index contributed by atoms with van der Waals surface area (Å²) < 4.78 is 0. The third kappa shape index (κ3) is 3.15. The average molecular weight is 236 g/mol. The van der Waals surface area contributed by atoms with Gasteiger partial charge in [0, 0.05) is 5.56 Å².